The molecule has 0 aliphatic heterocycles. The van der Waals surface area contributed by atoms with Crippen LogP contribution in [0.1, 0.15) is 50.3 Å². The van der Waals surface area contributed by atoms with Crippen molar-refractivity contribution in [2.24, 2.45) is 0 Å². The van der Waals surface area contributed by atoms with Gasteiger partial charge < -0.3 is 0 Å². The molecule has 1 rings (SSSR count). The molecule has 112 valence electrons. The minimum atomic E-state index is 0.894. The number of hydrogen-bond donors (Lipinski definition) is 0. The van der Waals surface area contributed by atoms with Gasteiger partial charge in [-0.05, 0) is 69.0 Å². The summed E-state index contributed by atoms with van der Waals surface area (Å²) in [5.41, 5.74) is 5.06. The van der Waals surface area contributed by atoms with E-state index in [0.717, 1.165) is 31.1 Å². The molecule has 0 bridgehead atoms. The molecular weight excluding hydrogens is 266 g/mol. The molecular formula is C18H28ClN. The molecule has 0 aliphatic rings. The maximum Gasteiger partial charge on any atom is 0.0453 e. The third-order valence-electron chi connectivity index (χ3n) is 3.47. The molecule has 1 aromatic carbocycles. The summed E-state index contributed by atoms with van der Waals surface area (Å²) in [4.78, 5) is 2.49. The number of aryl methyl sites for hydroxylation is 1. The Morgan fingerprint density at radius 3 is 2.25 bits per heavy atom. The highest BCUT2D eigenvalue weighted by Crippen LogP contribution is 2.24. The minimum Gasteiger partial charge on any atom is -0.299 e. The van der Waals surface area contributed by atoms with E-state index < -0.39 is 0 Å². The molecule has 1 aromatic rings. The van der Waals surface area contributed by atoms with E-state index >= 15 is 0 Å². The van der Waals surface area contributed by atoms with Crippen molar-refractivity contribution in [1.82, 2.24) is 4.90 Å². The summed E-state index contributed by atoms with van der Waals surface area (Å²) >= 11 is 6.43. The first-order valence-electron chi connectivity index (χ1n) is 7.62. The van der Waals surface area contributed by atoms with Crippen molar-refractivity contribution in [3.63, 3.8) is 0 Å². The molecule has 20 heavy (non-hydrogen) atoms. The zero-order valence-electron chi connectivity index (χ0n) is 13.4. The normalized spacial score (nSPS) is 11.1. The van der Waals surface area contributed by atoms with Gasteiger partial charge in [0.2, 0.25) is 0 Å². The van der Waals surface area contributed by atoms with Gasteiger partial charge in [0.25, 0.3) is 0 Å². The van der Waals surface area contributed by atoms with Crippen LogP contribution in [0.4, 0.5) is 0 Å². The third-order valence-corrected chi connectivity index (χ3v) is 3.82. The average molecular weight is 294 g/mol. The largest absolute Gasteiger partial charge is 0.299 e. The van der Waals surface area contributed by atoms with Gasteiger partial charge in [-0.25, -0.2) is 0 Å². The molecule has 0 N–H and O–H groups in total. The number of halogens is 1. The first kappa shape index (κ1) is 17.3. The Morgan fingerprint density at radius 1 is 1.15 bits per heavy atom. The van der Waals surface area contributed by atoms with Gasteiger partial charge in [0.1, 0.15) is 0 Å². The average Bonchev–Trinajstić information content (AvgIpc) is 2.35. The SMILES string of the molecule is C=C(C)Cc1cc(CN(CCC)CCC)c(Cl)cc1C. The fourth-order valence-corrected chi connectivity index (χ4v) is 2.83. The van der Waals surface area contributed by atoms with E-state index in [1.807, 2.05) is 0 Å². The van der Waals surface area contributed by atoms with Gasteiger partial charge in [0, 0.05) is 11.6 Å². The van der Waals surface area contributed by atoms with Gasteiger partial charge in [-0.15, -0.1) is 0 Å². The van der Waals surface area contributed by atoms with Crippen LogP contribution in [0.5, 0.6) is 0 Å². The Bertz CT molecular complexity index is 445. The maximum absolute atomic E-state index is 6.43. The molecule has 2 heteroatoms. The number of hydrogen-bond acceptors (Lipinski definition) is 1. The molecule has 0 spiro atoms. The van der Waals surface area contributed by atoms with Gasteiger partial charge in [-0.1, -0.05) is 43.7 Å². The molecule has 0 aliphatic carbocycles. The fourth-order valence-electron chi connectivity index (χ4n) is 2.55. The van der Waals surface area contributed by atoms with Crippen molar-refractivity contribution in [3.8, 4) is 0 Å². The lowest BCUT2D eigenvalue weighted by Crippen LogP contribution is -2.25. The van der Waals surface area contributed by atoms with Crippen molar-refractivity contribution in [1.29, 1.82) is 0 Å². The van der Waals surface area contributed by atoms with Crippen LogP contribution < -0.4 is 0 Å². The topological polar surface area (TPSA) is 3.24 Å². The fraction of sp³-hybridized carbons (Fsp3) is 0.556. The molecule has 0 heterocycles. The van der Waals surface area contributed by atoms with E-state index in [-0.39, 0.29) is 0 Å². The Hall–Kier alpha value is -0.790. The van der Waals surface area contributed by atoms with Gasteiger partial charge in [0.15, 0.2) is 0 Å². The van der Waals surface area contributed by atoms with Crippen LogP contribution in [0.25, 0.3) is 0 Å². The zero-order chi connectivity index (χ0) is 15.1. The summed E-state index contributed by atoms with van der Waals surface area (Å²) in [7, 11) is 0. The predicted molar refractivity (Wildman–Crippen MR) is 90.6 cm³/mol. The molecule has 0 fully saturated rings. The zero-order valence-corrected chi connectivity index (χ0v) is 14.2. The van der Waals surface area contributed by atoms with Crippen molar-refractivity contribution >= 4 is 11.6 Å². The lowest BCUT2D eigenvalue weighted by molar-refractivity contribution is 0.266. The first-order valence-corrected chi connectivity index (χ1v) is 8.00. The van der Waals surface area contributed by atoms with Crippen LogP contribution in [0.15, 0.2) is 24.3 Å². The van der Waals surface area contributed by atoms with Gasteiger partial charge in [-0.3, -0.25) is 4.90 Å². The molecule has 0 saturated heterocycles. The monoisotopic (exact) mass is 293 g/mol. The van der Waals surface area contributed by atoms with Crippen molar-refractivity contribution in [2.45, 2.75) is 53.5 Å². The van der Waals surface area contributed by atoms with Crippen LogP contribution in [-0.4, -0.2) is 18.0 Å². The summed E-state index contributed by atoms with van der Waals surface area (Å²) in [5.74, 6) is 0. The van der Waals surface area contributed by atoms with E-state index in [9.17, 15) is 0 Å². The van der Waals surface area contributed by atoms with Crippen LogP contribution in [-0.2, 0) is 13.0 Å². The van der Waals surface area contributed by atoms with Gasteiger partial charge in [0.05, 0.1) is 0 Å². The highest BCUT2D eigenvalue weighted by molar-refractivity contribution is 6.31. The van der Waals surface area contributed by atoms with E-state index in [0.29, 0.717) is 0 Å². The Balaban J connectivity index is 2.95. The summed E-state index contributed by atoms with van der Waals surface area (Å²) in [6, 6.07) is 4.37. The Labute approximate surface area is 129 Å². The minimum absolute atomic E-state index is 0.894. The summed E-state index contributed by atoms with van der Waals surface area (Å²) in [5, 5.41) is 0.894. The van der Waals surface area contributed by atoms with Crippen LogP contribution in [0, 0.1) is 6.92 Å². The predicted octanol–water partition coefficient (Wildman–Crippen LogP) is 5.39. The molecule has 0 unspecified atom stereocenters. The number of rotatable bonds is 8. The molecule has 1 nitrogen and oxygen atoms in total. The number of allylic oxidation sites excluding steroid dienone is 1. The molecule has 0 amide bonds. The molecule has 0 saturated carbocycles. The lowest BCUT2D eigenvalue weighted by Gasteiger charge is -2.22. The van der Waals surface area contributed by atoms with Crippen LogP contribution in [0.2, 0.25) is 5.02 Å². The van der Waals surface area contributed by atoms with E-state index in [4.69, 9.17) is 11.6 Å². The molecule has 0 aromatic heterocycles. The van der Waals surface area contributed by atoms with E-state index in [1.54, 1.807) is 0 Å². The smallest absolute Gasteiger partial charge is 0.0453 e. The van der Waals surface area contributed by atoms with Crippen molar-refractivity contribution < 1.29 is 0 Å². The molecule has 0 atom stereocenters. The standard InChI is InChI=1S/C18H28ClN/c1-6-8-20(9-7-2)13-17-12-16(10-14(3)4)15(5)11-18(17)19/h11-12H,3,6-10,13H2,1-2,4-5H3. The second-order valence-electron chi connectivity index (χ2n) is 5.78. The summed E-state index contributed by atoms with van der Waals surface area (Å²) in [6.45, 7) is 15.9. The lowest BCUT2D eigenvalue weighted by atomic mass is 9.99. The summed E-state index contributed by atoms with van der Waals surface area (Å²) in [6.07, 6.45) is 3.31. The Morgan fingerprint density at radius 2 is 1.75 bits per heavy atom. The van der Waals surface area contributed by atoms with Crippen molar-refractivity contribution in [3.05, 3.63) is 46.0 Å². The number of nitrogens with zero attached hydrogens (tertiary/aromatic N) is 1. The third kappa shape index (κ3) is 5.30. The highest BCUT2D eigenvalue weighted by atomic mass is 35.5. The second-order valence-corrected chi connectivity index (χ2v) is 6.19. The Kier molecular flexibility index (Phi) is 7.32. The molecule has 0 radical (unpaired) electrons. The maximum atomic E-state index is 6.43. The van der Waals surface area contributed by atoms with Crippen LogP contribution in [0.3, 0.4) is 0 Å². The van der Waals surface area contributed by atoms with E-state index in [2.05, 4.69) is 51.3 Å². The van der Waals surface area contributed by atoms with E-state index in [1.165, 1.54) is 35.1 Å². The first-order chi connectivity index (χ1) is 9.47. The highest BCUT2D eigenvalue weighted by Gasteiger charge is 2.10. The van der Waals surface area contributed by atoms with Crippen molar-refractivity contribution in [2.75, 3.05) is 13.1 Å². The second kappa shape index (κ2) is 8.49. The summed E-state index contributed by atoms with van der Waals surface area (Å²) < 4.78 is 0. The van der Waals surface area contributed by atoms with Gasteiger partial charge >= 0.3 is 0 Å². The quantitative estimate of drug-likeness (QED) is 0.581. The van der Waals surface area contributed by atoms with Gasteiger partial charge in [-0.2, -0.15) is 0 Å². The number of benzene rings is 1. The van der Waals surface area contributed by atoms with Crippen LogP contribution >= 0.6 is 11.6 Å².